The molecule has 1 heterocycles. The van der Waals surface area contributed by atoms with Gasteiger partial charge in [0.2, 0.25) is 10.0 Å². The number of ether oxygens (including phenoxy) is 2. The molecule has 0 spiro atoms. The molecule has 168 valence electrons. The fraction of sp³-hybridized carbons (Fsp3) is 0.409. The zero-order chi connectivity index (χ0) is 22.8. The van der Waals surface area contributed by atoms with Crippen molar-refractivity contribution in [2.24, 2.45) is 0 Å². The number of hydrogen-bond donors (Lipinski definition) is 1. The molecule has 0 saturated carbocycles. The number of sulfonamides is 1. The van der Waals surface area contributed by atoms with E-state index >= 15 is 0 Å². The molecule has 1 atom stereocenters. The quantitative estimate of drug-likeness (QED) is 0.660. The van der Waals surface area contributed by atoms with Gasteiger partial charge in [0.15, 0.2) is 6.10 Å². The van der Waals surface area contributed by atoms with Gasteiger partial charge in [-0.05, 0) is 41.3 Å². The van der Waals surface area contributed by atoms with E-state index in [1.165, 1.54) is 11.6 Å². The number of anilines is 1. The molecule has 0 unspecified atom stereocenters. The molecule has 1 N–H and O–H groups in total. The molecule has 7 nitrogen and oxygen atoms in total. The molecule has 1 aliphatic rings. The van der Waals surface area contributed by atoms with Crippen LogP contribution in [0.1, 0.15) is 26.3 Å². The van der Waals surface area contributed by atoms with E-state index in [1.807, 2.05) is 24.3 Å². The summed E-state index contributed by atoms with van der Waals surface area (Å²) in [5, 5.41) is 3.12. The molecule has 0 bridgehead atoms. The number of nitrogens with one attached hydrogen (secondary N) is 1. The van der Waals surface area contributed by atoms with Crippen LogP contribution in [0.3, 0.4) is 0 Å². The van der Waals surface area contributed by atoms with Gasteiger partial charge in [-0.2, -0.15) is 0 Å². The molecule has 0 aliphatic carbocycles. The number of carbonyl (C=O) groups is 1. The molecule has 0 fully saturated rings. The van der Waals surface area contributed by atoms with Crippen molar-refractivity contribution in [1.29, 1.82) is 0 Å². The molecule has 0 saturated heterocycles. The van der Waals surface area contributed by atoms with Gasteiger partial charge in [-0.1, -0.05) is 44.5 Å². The summed E-state index contributed by atoms with van der Waals surface area (Å²) in [6.45, 7) is 6.82. The summed E-state index contributed by atoms with van der Waals surface area (Å²) in [5.41, 5.74) is 1.59. The average molecular weight is 467 g/mol. The van der Waals surface area contributed by atoms with Crippen molar-refractivity contribution in [2.75, 3.05) is 30.3 Å². The van der Waals surface area contributed by atoms with E-state index < -0.39 is 22.0 Å². The van der Waals surface area contributed by atoms with Crippen LogP contribution in [-0.2, 0) is 20.2 Å². The normalized spacial score (nSPS) is 16.3. The Kier molecular flexibility index (Phi) is 6.71. The Morgan fingerprint density at radius 2 is 1.90 bits per heavy atom. The summed E-state index contributed by atoms with van der Waals surface area (Å²) < 4.78 is 36.9. The van der Waals surface area contributed by atoms with E-state index in [9.17, 15) is 13.2 Å². The van der Waals surface area contributed by atoms with Gasteiger partial charge >= 0.3 is 0 Å². The van der Waals surface area contributed by atoms with Gasteiger partial charge in [-0.15, -0.1) is 0 Å². The zero-order valence-corrected chi connectivity index (χ0v) is 19.6. The second kappa shape index (κ2) is 8.96. The van der Waals surface area contributed by atoms with Crippen LogP contribution in [0.25, 0.3) is 0 Å². The van der Waals surface area contributed by atoms with Crippen molar-refractivity contribution in [3.63, 3.8) is 0 Å². The summed E-state index contributed by atoms with van der Waals surface area (Å²) >= 11 is 5.99. The third-order valence-corrected chi connectivity index (χ3v) is 6.26. The largest absolute Gasteiger partial charge is 0.492 e. The van der Waals surface area contributed by atoms with Crippen molar-refractivity contribution in [3.8, 4) is 11.5 Å². The fourth-order valence-electron chi connectivity index (χ4n) is 3.18. The third kappa shape index (κ3) is 5.83. The molecular formula is C22H27ClN2O5S. The summed E-state index contributed by atoms with van der Waals surface area (Å²) in [6.07, 6.45) is 0.103. The van der Waals surface area contributed by atoms with Gasteiger partial charge < -0.3 is 14.8 Å². The SMILES string of the molecule is CC(C)(C)c1ccc(OCCNC(=O)[C@@H]2CN(S(C)(=O)=O)c3cc(Cl)ccc3O2)cc1. The maximum Gasteiger partial charge on any atom is 0.263 e. The van der Waals surface area contributed by atoms with Crippen LogP contribution < -0.4 is 19.1 Å². The van der Waals surface area contributed by atoms with E-state index in [0.29, 0.717) is 16.5 Å². The Labute approximate surface area is 188 Å². The molecule has 1 aliphatic heterocycles. The smallest absolute Gasteiger partial charge is 0.263 e. The van der Waals surface area contributed by atoms with E-state index in [2.05, 4.69) is 26.1 Å². The van der Waals surface area contributed by atoms with Crippen molar-refractivity contribution < 1.29 is 22.7 Å². The van der Waals surface area contributed by atoms with Gasteiger partial charge in [-0.25, -0.2) is 8.42 Å². The van der Waals surface area contributed by atoms with Crippen LogP contribution in [0.2, 0.25) is 5.02 Å². The number of benzene rings is 2. The second-order valence-corrected chi connectivity index (χ2v) is 10.8. The van der Waals surface area contributed by atoms with Crippen LogP contribution in [0, 0.1) is 0 Å². The molecule has 2 aromatic carbocycles. The van der Waals surface area contributed by atoms with Gasteiger partial charge in [0, 0.05) is 5.02 Å². The average Bonchev–Trinajstić information content (AvgIpc) is 2.69. The molecule has 9 heteroatoms. The minimum Gasteiger partial charge on any atom is -0.492 e. The highest BCUT2D eigenvalue weighted by atomic mass is 35.5. The molecule has 3 rings (SSSR count). The lowest BCUT2D eigenvalue weighted by Crippen LogP contribution is -2.51. The molecule has 31 heavy (non-hydrogen) atoms. The topological polar surface area (TPSA) is 84.9 Å². The third-order valence-electron chi connectivity index (χ3n) is 4.87. The highest BCUT2D eigenvalue weighted by Crippen LogP contribution is 2.37. The summed E-state index contributed by atoms with van der Waals surface area (Å²) in [5.74, 6) is 0.586. The summed E-state index contributed by atoms with van der Waals surface area (Å²) in [6, 6.07) is 12.5. The minimum atomic E-state index is -3.61. The Hall–Kier alpha value is -2.45. The Bertz CT molecular complexity index is 1050. The number of carbonyl (C=O) groups excluding carboxylic acids is 1. The van der Waals surface area contributed by atoms with E-state index in [-0.39, 0.29) is 30.9 Å². The lowest BCUT2D eigenvalue weighted by molar-refractivity contribution is -0.127. The Morgan fingerprint density at radius 1 is 1.23 bits per heavy atom. The summed E-state index contributed by atoms with van der Waals surface area (Å²) in [7, 11) is -3.61. The first-order valence-electron chi connectivity index (χ1n) is 9.90. The van der Waals surface area contributed by atoms with E-state index in [1.54, 1.807) is 12.1 Å². The first-order valence-corrected chi connectivity index (χ1v) is 12.1. The number of halogens is 1. The van der Waals surface area contributed by atoms with Crippen molar-refractivity contribution in [2.45, 2.75) is 32.3 Å². The first kappa shape index (κ1) is 23.2. The van der Waals surface area contributed by atoms with Crippen LogP contribution in [0.5, 0.6) is 11.5 Å². The van der Waals surface area contributed by atoms with Gasteiger partial charge in [0.25, 0.3) is 5.91 Å². The van der Waals surface area contributed by atoms with Crippen molar-refractivity contribution in [3.05, 3.63) is 53.1 Å². The van der Waals surface area contributed by atoms with Crippen LogP contribution in [0.15, 0.2) is 42.5 Å². The predicted octanol–water partition coefficient (Wildman–Crippen LogP) is 3.36. The Balaban J connectivity index is 1.56. The van der Waals surface area contributed by atoms with Crippen LogP contribution >= 0.6 is 11.6 Å². The fourth-order valence-corrected chi connectivity index (χ4v) is 4.26. The van der Waals surface area contributed by atoms with E-state index in [4.69, 9.17) is 21.1 Å². The molecule has 0 aromatic heterocycles. The second-order valence-electron chi connectivity index (χ2n) is 8.43. The lowest BCUT2D eigenvalue weighted by atomic mass is 9.87. The first-order chi connectivity index (χ1) is 14.4. The highest BCUT2D eigenvalue weighted by Gasteiger charge is 2.35. The number of hydrogen-bond acceptors (Lipinski definition) is 5. The molecular weight excluding hydrogens is 440 g/mol. The monoisotopic (exact) mass is 466 g/mol. The predicted molar refractivity (Wildman–Crippen MR) is 122 cm³/mol. The summed E-state index contributed by atoms with van der Waals surface area (Å²) in [4.78, 5) is 12.6. The number of nitrogens with zero attached hydrogens (tertiary/aromatic N) is 1. The molecule has 1 amide bonds. The highest BCUT2D eigenvalue weighted by molar-refractivity contribution is 7.92. The van der Waals surface area contributed by atoms with Crippen LogP contribution in [0.4, 0.5) is 5.69 Å². The lowest BCUT2D eigenvalue weighted by Gasteiger charge is -2.34. The minimum absolute atomic E-state index is 0.0658. The van der Waals surface area contributed by atoms with Crippen LogP contribution in [-0.4, -0.2) is 46.4 Å². The number of rotatable bonds is 6. The molecule has 0 radical (unpaired) electrons. The van der Waals surface area contributed by atoms with Crippen molar-refractivity contribution >= 4 is 33.2 Å². The van der Waals surface area contributed by atoms with E-state index in [0.717, 1.165) is 10.6 Å². The molecule has 2 aromatic rings. The van der Waals surface area contributed by atoms with Gasteiger partial charge in [-0.3, -0.25) is 9.10 Å². The Morgan fingerprint density at radius 3 is 2.52 bits per heavy atom. The van der Waals surface area contributed by atoms with Crippen molar-refractivity contribution in [1.82, 2.24) is 5.32 Å². The number of fused-ring (bicyclic) bond motifs is 1. The van der Waals surface area contributed by atoms with Gasteiger partial charge in [0.05, 0.1) is 25.0 Å². The van der Waals surface area contributed by atoms with Gasteiger partial charge in [0.1, 0.15) is 18.1 Å². The standard InChI is InChI=1S/C22H27ClN2O5S/c1-22(2,3)15-5-8-17(9-6-15)29-12-11-24-21(26)20-14-25(31(4,27)28)18-13-16(23)7-10-19(18)30-20/h5-10,13,20H,11-12,14H2,1-4H3,(H,24,26)/t20-/m0/s1. The zero-order valence-electron chi connectivity index (χ0n) is 18.0. The number of amides is 1. The maximum absolute atomic E-state index is 12.6. The maximum atomic E-state index is 12.6.